The molecule has 44 heavy (non-hydrogen) atoms. The Kier molecular flexibility index (Phi) is 9.22. The minimum atomic E-state index is -0.438. The zero-order valence-electron chi connectivity index (χ0n) is 24.8. The van der Waals surface area contributed by atoms with Crippen molar-refractivity contribution >= 4 is 68.9 Å². The number of rotatable bonds is 10. The van der Waals surface area contributed by atoms with Crippen LogP contribution in [-0.4, -0.2) is 83.2 Å². The van der Waals surface area contributed by atoms with Crippen LogP contribution in [0.25, 0.3) is 22.0 Å². The van der Waals surface area contributed by atoms with Crippen molar-refractivity contribution < 1.29 is 14.6 Å². The van der Waals surface area contributed by atoms with E-state index in [1.54, 1.807) is 18.0 Å². The number of aliphatic hydroxyl groups excluding tert-OH is 1. The van der Waals surface area contributed by atoms with E-state index in [1.807, 2.05) is 48.9 Å². The number of morpholine rings is 1. The van der Waals surface area contributed by atoms with Crippen LogP contribution in [0.1, 0.15) is 0 Å². The highest BCUT2D eigenvalue weighted by atomic mass is 79.9. The molecule has 3 aromatic heterocycles. The van der Waals surface area contributed by atoms with E-state index >= 15 is 0 Å². The van der Waals surface area contributed by atoms with Gasteiger partial charge in [0.05, 0.1) is 67.2 Å². The van der Waals surface area contributed by atoms with E-state index in [1.165, 1.54) is 5.30 Å². The number of methoxy groups -OCH3 is 1. The smallest absolute Gasteiger partial charge is 0.229 e. The number of ether oxygens (including phenoxy) is 2. The molecular weight excluding hydrogens is 643 g/mol. The van der Waals surface area contributed by atoms with Gasteiger partial charge in [0.25, 0.3) is 0 Å². The quantitative estimate of drug-likeness (QED) is 0.167. The summed E-state index contributed by atoms with van der Waals surface area (Å²) in [6.07, 6.45) is 7.35. The standard InChI is InChI=1S/C31H34BrN8O3P/c1-42-28-15-27(39-9-12-43-13-10-39)22(20-16-35-40(19-20)8-11-41)14-25(28)37-31-34-17-23(32)30(38-31)36-26-18-33-24-7-5-4-6-21(24)29(26)44(2)3/h4-7,14-19,41H,8-13H2,1-3H3,(H2,34,36,37,38). The Morgan fingerprint density at radius 1 is 1.05 bits per heavy atom. The van der Waals surface area contributed by atoms with Gasteiger partial charge in [0.15, 0.2) is 0 Å². The first-order chi connectivity index (χ1) is 21.4. The van der Waals surface area contributed by atoms with Crippen LogP contribution >= 0.6 is 23.9 Å². The Bertz CT molecular complexity index is 1780. The molecule has 0 aliphatic carbocycles. The molecule has 0 atom stereocenters. The zero-order valence-corrected chi connectivity index (χ0v) is 27.3. The van der Waals surface area contributed by atoms with E-state index in [0.717, 1.165) is 51.0 Å². The molecule has 11 nitrogen and oxygen atoms in total. The molecule has 5 aromatic rings. The number of anilines is 5. The summed E-state index contributed by atoms with van der Waals surface area (Å²) in [5.41, 5.74) is 5.52. The van der Waals surface area contributed by atoms with E-state index in [2.05, 4.69) is 65.9 Å². The number of aliphatic hydroxyl groups is 1. The van der Waals surface area contributed by atoms with Gasteiger partial charge in [-0.25, -0.2) is 4.98 Å². The van der Waals surface area contributed by atoms with Gasteiger partial charge < -0.3 is 30.1 Å². The molecule has 0 unspecified atom stereocenters. The van der Waals surface area contributed by atoms with E-state index in [4.69, 9.17) is 14.5 Å². The summed E-state index contributed by atoms with van der Waals surface area (Å²) >= 11 is 3.63. The SMILES string of the molecule is COc1cc(N2CCOCC2)c(-c2cnn(CCO)c2)cc1Nc1ncc(Br)c(Nc2cnc3ccccc3c2P(C)C)n1. The van der Waals surface area contributed by atoms with Crippen LogP contribution in [0.2, 0.25) is 0 Å². The predicted octanol–water partition coefficient (Wildman–Crippen LogP) is 5.34. The fourth-order valence-electron chi connectivity index (χ4n) is 5.32. The first-order valence-electron chi connectivity index (χ1n) is 14.2. The summed E-state index contributed by atoms with van der Waals surface area (Å²) in [5, 5.41) is 23.1. The van der Waals surface area contributed by atoms with E-state index in [9.17, 15) is 5.11 Å². The summed E-state index contributed by atoms with van der Waals surface area (Å²) in [6.45, 7) is 7.75. The van der Waals surface area contributed by atoms with Crippen molar-refractivity contribution in [1.82, 2.24) is 24.7 Å². The molecule has 1 fully saturated rings. The zero-order chi connectivity index (χ0) is 30.6. The lowest BCUT2D eigenvalue weighted by molar-refractivity contribution is 0.122. The van der Waals surface area contributed by atoms with E-state index < -0.39 is 7.92 Å². The minimum absolute atomic E-state index is 0.0130. The highest BCUT2D eigenvalue weighted by Gasteiger charge is 2.21. The normalized spacial score (nSPS) is 13.5. The number of para-hydroxylation sites is 1. The van der Waals surface area contributed by atoms with Crippen molar-refractivity contribution in [1.29, 1.82) is 0 Å². The van der Waals surface area contributed by atoms with Gasteiger partial charge in [-0.1, -0.05) is 26.1 Å². The topological polar surface area (TPSA) is 122 Å². The van der Waals surface area contributed by atoms with Gasteiger partial charge in [0.1, 0.15) is 11.6 Å². The van der Waals surface area contributed by atoms with Crippen molar-refractivity contribution in [3.63, 3.8) is 0 Å². The van der Waals surface area contributed by atoms with Crippen LogP contribution in [0.4, 0.5) is 28.8 Å². The van der Waals surface area contributed by atoms with Gasteiger partial charge in [-0.15, -0.1) is 0 Å². The molecule has 6 rings (SSSR count). The molecule has 1 aliphatic rings. The molecule has 228 valence electrons. The number of nitrogens with zero attached hydrogens (tertiary/aromatic N) is 6. The molecule has 2 aromatic carbocycles. The fourth-order valence-corrected chi connectivity index (χ4v) is 6.88. The monoisotopic (exact) mass is 676 g/mol. The number of nitrogens with one attached hydrogen (secondary N) is 2. The first-order valence-corrected chi connectivity index (χ1v) is 17.3. The minimum Gasteiger partial charge on any atom is -0.494 e. The van der Waals surface area contributed by atoms with Gasteiger partial charge in [-0.3, -0.25) is 9.67 Å². The molecule has 0 amide bonds. The third-order valence-electron chi connectivity index (χ3n) is 7.38. The van der Waals surface area contributed by atoms with Gasteiger partial charge >= 0.3 is 0 Å². The summed E-state index contributed by atoms with van der Waals surface area (Å²) in [6, 6.07) is 12.3. The van der Waals surface area contributed by atoms with E-state index in [0.29, 0.717) is 43.0 Å². The summed E-state index contributed by atoms with van der Waals surface area (Å²) in [4.78, 5) is 16.4. The van der Waals surface area contributed by atoms with Crippen LogP contribution in [-0.2, 0) is 11.3 Å². The molecule has 1 saturated heterocycles. The van der Waals surface area contributed by atoms with Crippen LogP contribution < -0.4 is 25.6 Å². The maximum Gasteiger partial charge on any atom is 0.229 e. The number of halogens is 1. The lowest BCUT2D eigenvalue weighted by Crippen LogP contribution is -2.36. The third kappa shape index (κ3) is 6.34. The van der Waals surface area contributed by atoms with Crippen LogP contribution in [0.3, 0.4) is 0 Å². The van der Waals surface area contributed by atoms with Gasteiger partial charge in [0, 0.05) is 59.1 Å². The molecule has 0 saturated carbocycles. The lowest BCUT2D eigenvalue weighted by atomic mass is 10.0. The van der Waals surface area contributed by atoms with Crippen molar-refractivity contribution in [3.8, 4) is 16.9 Å². The summed E-state index contributed by atoms with van der Waals surface area (Å²) < 4.78 is 13.9. The first kappa shape index (κ1) is 30.2. The number of fused-ring (bicyclic) bond motifs is 1. The van der Waals surface area contributed by atoms with Gasteiger partial charge in [-0.05, 0) is 41.4 Å². The molecule has 0 bridgehead atoms. The molecule has 4 heterocycles. The molecular formula is C31H34BrN8O3P. The highest BCUT2D eigenvalue weighted by Crippen LogP contribution is 2.41. The van der Waals surface area contributed by atoms with Crippen LogP contribution in [0.5, 0.6) is 5.75 Å². The third-order valence-corrected chi connectivity index (χ3v) is 9.34. The molecule has 0 spiro atoms. The Hall–Kier alpha value is -3.83. The number of hydrogen-bond acceptors (Lipinski definition) is 10. The van der Waals surface area contributed by atoms with Crippen LogP contribution in [0, 0.1) is 0 Å². The second-order valence-electron chi connectivity index (χ2n) is 10.5. The largest absolute Gasteiger partial charge is 0.494 e. The average molecular weight is 678 g/mol. The molecule has 0 radical (unpaired) electrons. The molecule has 1 aliphatic heterocycles. The Labute approximate surface area is 265 Å². The molecule has 13 heteroatoms. The van der Waals surface area contributed by atoms with Gasteiger partial charge in [-0.2, -0.15) is 10.1 Å². The maximum atomic E-state index is 9.42. The highest BCUT2D eigenvalue weighted by molar-refractivity contribution is 9.10. The predicted molar refractivity (Wildman–Crippen MR) is 181 cm³/mol. The second-order valence-corrected chi connectivity index (χ2v) is 13.5. The molecule has 3 N–H and O–H groups in total. The number of aromatic nitrogens is 5. The number of benzene rings is 2. The Balaban J connectivity index is 1.37. The van der Waals surface area contributed by atoms with Crippen molar-refractivity contribution in [2.75, 3.05) is 68.9 Å². The van der Waals surface area contributed by atoms with E-state index in [-0.39, 0.29) is 6.61 Å². The van der Waals surface area contributed by atoms with Crippen molar-refractivity contribution in [2.24, 2.45) is 0 Å². The summed E-state index contributed by atoms with van der Waals surface area (Å²) in [5.74, 6) is 1.68. The lowest BCUT2D eigenvalue weighted by Gasteiger charge is -2.31. The van der Waals surface area contributed by atoms with Crippen LogP contribution in [0.15, 0.2) is 65.7 Å². The maximum absolute atomic E-state index is 9.42. The van der Waals surface area contributed by atoms with Crippen molar-refractivity contribution in [3.05, 3.63) is 65.7 Å². The van der Waals surface area contributed by atoms with Crippen molar-refractivity contribution in [2.45, 2.75) is 6.54 Å². The summed E-state index contributed by atoms with van der Waals surface area (Å²) in [7, 11) is 1.22. The van der Waals surface area contributed by atoms with Gasteiger partial charge in [0.2, 0.25) is 5.95 Å². The Morgan fingerprint density at radius 3 is 2.64 bits per heavy atom. The number of pyridine rings is 1. The number of hydrogen-bond donors (Lipinski definition) is 3. The average Bonchev–Trinajstić information content (AvgIpc) is 3.51. The fraction of sp³-hybridized carbons (Fsp3) is 0.290. The Morgan fingerprint density at radius 2 is 1.86 bits per heavy atom. The second kappa shape index (κ2) is 13.4.